The number of alkyl halides is 3. The Balaban J connectivity index is 1.71. The zero-order chi connectivity index (χ0) is 24.7. The van der Waals surface area contributed by atoms with E-state index in [9.17, 15) is 32.3 Å². The van der Waals surface area contributed by atoms with Crippen molar-refractivity contribution >= 4 is 23.7 Å². The Bertz CT molecular complexity index is 1010. The molecule has 3 fully saturated rings. The number of carbonyl (C=O) groups is 4. The largest absolute Gasteiger partial charge is 0.464 e. The third kappa shape index (κ3) is 4.42. The van der Waals surface area contributed by atoms with Gasteiger partial charge >= 0.3 is 12.1 Å². The van der Waals surface area contributed by atoms with E-state index in [2.05, 4.69) is 0 Å². The third-order valence-corrected chi connectivity index (χ3v) is 6.84. The van der Waals surface area contributed by atoms with Crippen LogP contribution >= 0.6 is 0 Å². The number of carbonyl (C=O) groups excluding carboxylic acids is 4. The number of hydrogen-bond donors (Lipinski definition) is 0. The molecule has 3 aliphatic rings. The van der Waals surface area contributed by atoms with Crippen LogP contribution in [0.15, 0.2) is 24.3 Å². The molecule has 2 heterocycles. The summed E-state index contributed by atoms with van der Waals surface area (Å²) in [5.41, 5.74) is -2.71. The number of hydrogen-bond acceptors (Lipinski definition) is 5. The Morgan fingerprint density at radius 2 is 1.88 bits per heavy atom. The molecule has 0 bridgehead atoms. The van der Waals surface area contributed by atoms with Gasteiger partial charge in [-0.2, -0.15) is 13.2 Å². The molecule has 3 amide bonds. The average Bonchev–Trinajstić information content (AvgIpc) is 3.59. The van der Waals surface area contributed by atoms with Crippen molar-refractivity contribution in [1.29, 1.82) is 0 Å². The number of esters is 1. The van der Waals surface area contributed by atoms with Crippen LogP contribution in [-0.2, 0) is 35.5 Å². The molecule has 1 aromatic carbocycles. The summed E-state index contributed by atoms with van der Waals surface area (Å²) in [5.74, 6) is -2.22. The van der Waals surface area contributed by atoms with Gasteiger partial charge in [-0.25, -0.2) is 4.79 Å². The number of piperidine rings is 1. The summed E-state index contributed by atoms with van der Waals surface area (Å²) in [4.78, 5) is 54.8. The number of halogens is 3. The molecule has 1 aromatic rings. The van der Waals surface area contributed by atoms with Crippen LogP contribution in [0.25, 0.3) is 0 Å². The highest BCUT2D eigenvalue weighted by molar-refractivity contribution is 6.11. The van der Waals surface area contributed by atoms with Crippen molar-refractivity contribution < 1.29 is 37.1 Å². The molecule has 4 rings (SSSR count). The Labute approximate surface area is 195 Å². The number of likely N-dealkylation sites (tertiary alicyclic amines) is 2. The van der Waals surface area contributed by atoms with E-state index in [4.69, 9.17) is 4.74 Å². The van der Waals surface area contributed by atoms with Gasteiger partial charge < -0.3 is 9.64 Å². The Hall–Kier alpha value is -2.91. The lowest BCUT2D eigenvalue weighted by Gasteiger charge is -2.36. The van der Waals surface area contributed by atoms with Crippen molar-refractivity contribution in [3.63, 3.8) is 0 Å². The zero-order valence-electron chi connectivity index (χ0n) is 18.9. The van der Waals surface area contributed by atoms with Gasteiger partial charge in [0.05, 0.1) is 17.6 Å². The van der Waals surface area contributed by atoms with Gasteiger partial charge in [0.15, 0.2) is 0 Å². The lowest BCUT2D eigenvalue weighted by atomic mass is 9.75. The van der Waals surface area contributed by atoms with Crippen molar-refractivity contribution in [2.24, 2.45) is 0 Å². The van der Waals surface area contributed by atoms with Crippen LogP contribution < -0.4 is 0 Å². The summed E-state index contributed by atoms with van der Waals surface area (Å²) in [6.45, 7) is 2.08. The second kappa shape index (κ2) is 9.03. The summed E-state index contributed by atoms with van der Waals surface area (Å²) in [5, 5.41) is 0. The first-order chi connectivity index (χ1) is 16.1. The highest BCUT2D eigenvalue weighted by atomic mass is 19.4. The first-order valence-corrected chi connectivity index (χ1v) is 11.6. The fraction of sp³-hybridized carbons (Fsp3) is 0.583. The van der Waals surface area contributed by atoms with Crippen LogP contribution in [0.3, 0.4) is 0 Å². The van der Waals surface area contributed by atoms with Crippen molar-refractivity contribution in [2.45, 2.75) is 75.5 Å². The molecule has 0 radical (unpaired) electrons. The summed E-state index contributed by atoms with van der Waals surface area (Å²) in [6.07, 6.45) is -2.46. The van der Waals surface area contributed by atoms with E-state index in [0.29, 0.717) is 25.7 Å². The van der Waals surface area contributed by atoms with E-state index >= 15 is 0 Å². The van der Waals surface area contributed by atoms with Crippen molar-refractivity contribution in [1.82, 2.24) is 9.80 Å². The summed E-state index contributed by atoms with van der Waals surface area (Å²) < 4.78 is 45.4. The maximum Gasteiger partial charge on any atom is 0.416 e. The van der Waals surface area contributed by atoms with Crippen molar-refractivity contribution in [3.05, 3.63) is 35.4 Å². The predicted octanol–water partition coefficient (Wildman–Crippen LogP) is 3.20. The molecule has 10 heteroatoms. The second-order valence-corrected chi connectivity index (χ2v) is 9.17. The number of amides is 3. The molecule has 1 saturated carbocycles. The van der Waals surface area contributed by atoms with E-state index in [0.717, 1.165) is 23.5 Å². The lowest BCUT2D eigenvalue weighted by Crippen LogP contribution is -2.51. The summed E-state index contributed by atoms with van der Waals surface area (Å²) >= 11 is 0. The van der Waals surface area contributed by atoms with Gasteiger partial charge in [0.2, 0.25) is 17.7 Å². The smallest absolute Gasteiger partial charge is 0.416 e. The standard InChI is InChI=1S/C24H27F3N2O5/c1-2-34-21(32)18-8-3-4-11-28(18)19(30)13-23(14-20(31)29(22(23)33)17-9-10-17)15-6-5-7-16(12-15)24(25,26)27/h5-7,12,17-18H,2-4,8-11,13-14H2,1H3/t18-,23+/m1/s1. The molecule has 0 unspecified atom stereocenters. The van der Waals surface area contributed by atoms with Gasteiger partial charge in [-0.15, -0.1) is 0 Å². The molecule has 7 nitrogen and oxygen atoms in total. The van der Waals surface area contributed by atoms with Gasteiger partial charge in [0, 0.05) is 25.4 Å². The van der Waals surface area contributed by atoms with E-state index in [1.807, 2.05) is 0 Å². The molecule has 2 aliphatic heterocycles. The minimum absolute atomic E-state index is 0.0122. The molecule has 0 aromatic heterocycles. The number of benzene rings is 1. The summed E-state index contributed by atoms with van der Waals surface area (Å²) in [7, 11) is 0. The number of rotatable bonds is 6. The van der Waals surface area contributed by atoms with Crippen LogP contribution in [0.1, 0.15) is 63.0 Å². The monoisotopic (exact) mass is 480 g/mol. The maximum absolute atomic E-state index is 13.6. The van der Waals surface area contributed by atoms with Gasteiger partial charge in [-0.05, 0) is 50.7 Å². The topological polar surface area (TPSA) is 84.0 Å². The predicted molar refractivity (Wildman–Crippen MR) is 113 cm³/mol. The molecule has 184 valence electrons. The Morgan fingerprint density at radius 1 is 1.15 bits per heavy atom. The minimum Gasteiger partial charge on any atom is -0.464 e. The van der Waals surface area contributed by atoms with Crippen LogP contribution in [0.5, 0.6) is 0 Å². The van der Waals surface area contributed by atoms with E-state index < -0.39 is 53.3 Å². The average molecular weight is 480 g/mol. The molecule has 0 N–H and O–H groups in total. The first-order valence-electron chi connectivity index (χ1n) is 11.6. The molecular formula is C24H27F3N2O5. The van der Waals surface area contributed by atoms with Gasteiger partial charge in [-0.3, -0.25) is 19.3 Å². The molecular weight excluding hydrogens is 453 g/mol. The third-order valence-electron chi connectivity index (χ3n) is 6.84. The molecule has 1 aliphatic carbocycles. The van der Waals surface area contributed by atoms with E-state index in [1.54, 1.807) is 6.92 Å². The molecule has 0 spiro atoms. The SMILES string of the molecule is CCOC(=O)[C@H]1CCCCN1C(=O)C[C@@]1(c2cccc(C(F)(F)F)c2)CC(=O)N(C2CC2)C1=O. The van der Waals surface area contributed by atoms with E-state index in [1.165, 1.54) is 17.0 Å². The van der Waals surface area contributed by atoms with Crippen LogP contribution in [0.4, 0.5) is 13.2 Å². The van der Waals surface area contributed by atoms with Gasteiger partial charge in [-0.1, -0.05) is 18.2 Å². The number of imide groups is 1. The molecule has 34 heavy (non-hydrogen) atoms. The first kappa shape index (κ1) is 24.2. The molecule has 2 saturated heterocycles. The highest BCUT2D eigenvalue weighted by Gasteiger charge is 2.58. The summed E-state index contributed by atoms with van der Waals surface area (Å²) in [6, 6.07) is 3.21. The lowest BCUT2D eigenvalue weighted by molar-refractivity contribution is -0.157. The zero-order valence-corrected chi connectivity index (χ0v) is 18.9. The fourth-order valence-corrected chi connectivity index (χ4v) is 5.00. The van der Waals surface area contributed by atoms with E-state index in [-0.39, 0.29) is 31.2 Å². The normalized spacial score (nSPS) is 25.6. The Morgan fingerprint density at radius 3 is 2.53 bits per heavy atom. The number of ether oxygens (including phenoxy) is 1. The van der Waals surface area contributed by atoms with Gasteiger partial charge in [0.1, 0.15) is 6.04 Å². The highest BCUT2D eigenvalue weighted by Crippen LogP contribution is 2.45. The fourth-order valence-electron chi connectivity index (χ4n) is 5.00. The Kier molecular flexibility index (Phi) is 6.44. The van der Waals surface area contributed by atoms with Crippen LogP contribution in [-0.4, -0.2) is 58.7 Å². The minimum atomic E-state index is -4.65. The number of nitrogens with zero attached hydrogens (tertiary/aromatic N) is 2. The van der Waals surface area contributed by atoms with Gasteiger partial charge in [0.25, 0.3) is 0 Å². The van der Waals surface area contributed by atoms with Crippen LogP contribution in [0.2, 0.25) is 0 Å². The maximum atomic E-state index is 13.6. The second-order valence-electron chi connectivity index (χ2n) is 9.17. The molecule has 2 atom stereocenters. The van der Waals surface area contributed by atoms with Crippen LogP contribution in [0, 0.1) is 0 Å². The quantitative estimate of drug-likeness (QED) is 0.461. The van der Waals surface area contributed by atoms with Crippen molar-refractivity contribution in [2.75, 3.05) is 13.2 Å². The van der Waals surface area contributed by atoms with Crippen molar-refractivity contribution in [3.8, 4) is 0 Å².